The Morgan fingerprint density at radius 1 is 1.16 bits per heavy atom. The lowest BCUT2D eigenvalue weighted by molar-refractivity contribution is -0.385. The van der Waals surface area contributed by atoms with Crippen LogP contribution in [-0.2, 0) is 0 Å². The highest BCUT2D eigenvalue weighted by Crippen LogP contribution is 2.25. The lowest BCUT2D eigenvalue weighted by atomic mass is 10.1. The molecule has 1 N–H and O–H groups in total. The molecule has 0 saturated carbocycles. The van der Waals surface area contributed by atoms with Gasteiger partial charge in [0, 0.05) is 22.5 Å². The number of benzene rings is 2. The second-order valence-corrected chi connectivity index (χ2v) is 4.17. The molecular formula is C13H8ClN3O2. The van der Waals surface area contributed by atoms with Crippen molar-refractivity contribution < 1.29 is 4.92 Å². The molecule has 0 radical (unpaired) electrons. The Morgan fingerprint density at radius 2 is 1.79 bits per heavy atom. The van der Waals surface area contributed by atoms with E-state index >= 15 is 0 Å². The van der Waals surface area contributed by atoms with E-state index in [1.807, 2.05) is 0 Å². The van der Waals surface area contributed by atoms with Gasteiger partial charge in [0.1, 0.15) is 11.6 Å². The number of rotatable bonds is 3. The van der Waals surface area contributed by atoms with Gasteiger partial charge >= 0.3 is 0 Å². The van der Waals surface area contributed by atoms with Gasteiger partial charge in [-0.25, -0.2) is 0 Å². The van der Waals surface area contributed by atoms with E-state index in [0.717, 1.165) is 5.69 Å². The summed E-state index contributed by atoms with van der Waals surface area (Å²) >= 11 is 5.77. The van der Waals surface area contributed by atoms with Crippen LogP contribution < -0.4 is 5.32 Å². The molecule has 0 aliphatic rings. The third kappa shape index (κ3) is 3.00. The molecule has 0 unspecified atom stereocenters. The van der Waals surface area contributed by atoms with Crippen LogP contribution in [0.25, 0.3) is 0 Å². The molecule has 5 nitrogen and oxygen atoms in total. The number of nitro benzene ring substituents is 1. The van der Waals surface area contributed by atoms with E-state index in [9.17, 15) is 10.1 Å². The summed E-state index contributed by atoms with van der Waals surface area (Å²) in [7, 11) is 0. The number of halogens is 1. The molecule has 0 aliphatic carbocycles. The van der Waals surface area contributed by atoms with Crippen LogP contribution in [0.5, 0.6) is 0 Å². The number of anilines is 2. The van der Waals surface area contributed by atoms with Crippen LogP contribution in [0.1, 0.15) is 5.56 Å². The first-order valence-electron chi connectivity index (χ1n) is 5.31. The Balaban J connectivity index is 2.31. The Kier molecular flexibility index (Phi) is 3.64. The number of hydrogen-bond acceptors (Lipinski definition) is 4. The van der Waals surface area contributed by atoms with E-state index in [2.05, 4.69) is 5.32 Å². The SMILES string of the molecule is N#Cc1ccc(Nc2ccc(Cl)cc2)cc1[N+](=O)[O-]. The molecule has 0 fully saturated rings. The van der Waals surface area contributed by atoms with Gasteiger partial charge in [-0.15, -0.1) is 0 Å². The summed E-state index contributed by atoms with van der Waals surface area (Å²) in [6.45, 7) is 0. The molecule has 0 spiro atoms. The average molecular weight is 274 g/mol. The summed E-state index contributed by atoms with van der Waals surface area (Å²) in [5, 5.41) is 23.2. The summed E-state index contributed by atoms with van der Waals surface area (Å²) in [4.78, 5) is 10.3. The lowest BCUT2D eigenvalue weighted by Gasteiger charge is -2.06. The normalized spacial score (nSPS) is 9.68. The first-order chi connectivity index (χ1) is 9.10. The van der Waals surface area contributed by atoms with Crippen LogP contribution in [0, 0.1) is 21.4 Å². The molecule has 0 aromatic heterocycles. The summed E-state index contributed by atoms with van der Waals surface area (Å²) in [5.74, 6) is 0. The highest BCUT2D eigenvalue weighted by Gasteiger charge is 2.14. The maximum atomic E-state index is 10.8. The molecule has 2 aromatic rings. The van der Waals surface area contributed by atoms with Crippen LogP contribution in [0.2, 0.25) is 5.02 Å². The molecule has 2 aromatic carbocycles. The average Bonchev–Trinajstić information content (AvgIpc) is 2.41. The molecule has 0 aliphatic heterocycles. The summed E-state index contributed by atoms with van der Waals surface area (Å²) in [6, 6.07) is 13.1. The van der Waals surface area contributed by atoms with E-state index in [-0.39, 0.29) is 11.3 Å². The van der Waals surface area contributed by atoms with Gasteiger partial charge in [0.05, 0.1) is 4.92 Å². The fourth-order valence-corrected chi connectivity index (χ4v) is 1.68. The fourth-order valence-electron chi connectivity index (χ4n) is 1.55. The smallest absolute Gasteiger partial charge is 0.289 e. The molecule has 19 heavy (non-hydrogen) atoms. The zero-order valence-electron chi connectivity index (χ0n) is 9.63. The number of nitrogens with zero attached hydrogens (tertiary/aromatic N) is 2. The van der Waals surface area contributed by atoms with Crippen molar-refractivity contribution >= 4 is 28.7 Å². The Labute approximate surface area is 114 Å². The minimum Gasteiger partial charge on any atom is -0.355 e. The van der Waals surface area contributed by atoms with Crippen LogP contribution in [0.4, 0.5) is 17.1 Å². The van der Waals surface area contributed by atoms with Crippen LogP contribution >= 0.6 is 11.6 Å². The highest BCUT2D eigenvalue weighted by atomic mass is 35.5. The van der Waals surface area contributed by atoms with E-state index in [0.29, 0.717) is 10.7 Å². The van der Waals surface area contributed by atoms with Crippen molar-refractivity contribution in [2.45, 2.75) is 0 Å². The topological polar surface area (TPSA) is 79.0 Å². The molecule has 0 atom stereocenters. The number of nitro groups is 1. The number of nitrogens with one attached hydrogen (secondary N) is 1. The maximum absolute atomic E-state index is 10.8. The molecule has 94 valence electrons. The molecule has 0 saturated heterocycles. The monoisotopic (exact) mass is 273 g/mol. The Hall–Kier alpha value is -2.58. The number of hydrogen-bond donors (Lipinski definition) is 1. The maximum Gasteiger partial charge on any atom is 0.289 e. The first kappa shape index (κ1) is 12.9. The van der Waals surface area contributed by atoms with E-state index in [1.165, 1.54) is 12.1 Å². The highest BCUT2D eigenvalue weighted by molar-refractivity contribution is 6.30. The zero-order valence-corrected chi connectivity index (χ0v) is 10.4. The zero-order chi connectivity index (χ0) is 13.8. The van der Waals surface area contributed by atoms with Crippen molar-refractivity contribution in [2.75, 3.05) is 5.32 Å². The minimum absolute atomic E-state index is 0.0339. The summed E-state index contributed by atoms with van der Waals surface area (Å²) in [5.41, 5.74) is 1.10. The van der Waals surface area contributed by atoms with Gasteiger partial charge in [-0.05, 0) is 36.4 Å². The third-order valence-electron chi connectivity index (χ3n) is 2.45. The van der Waals surface area contributed by atoms with Gasteiger partial charge in [-0.2, -0.15) is 5.26 Å². The van der Waals surface area contributed by atoms with Gasteiger partial charge in [0.15, 0.2) is 0 Å². The fraction of sp³-hybridized carbons (Fsp3) is 0. The minimum atomic E-state index is -0.578. The second kappa shape index (κ2) is 5.38. The predicted molar refractivity (Wildman–Crippen MR) is 72.5 cm³/mol. The number of nitriles is 1. The molecule has 6 heteroatoms. The van der Waals surface area contributed by atoms with Gasteiger partial charge in [0.2, 0.25) is 0 Å². The Bertz CT molecular complexity index is 663. The quantitative estimate of drug-likeness (QED) is 0.680. The molecule has 2 rings (SSSR count). The third-order valence-corrected chi connectivity index (χ3v) is 2.70. The van der Waals surface area contributed by atoms with Crippen molar-refractivity contribution in [1.82, 2.24) is 0 Å². The van der Waals surface area contributed by atoms with Gasteiger partial charge in [-0.3, -0.25) is 10.1 Å². The molecule has 0 bridgehead atoms. The van der Waals surface area contributed by atoms with Crippen LogP contribution in [0.3, 0.4) is 0 Å². The molecule has 0 amide bonds. The van der Waals surface area contributed by atoms with E-state index in [4.69, 9.17) is 16.9 Å². The summed E-state index contributed by atoms with van der Waals surface area (Å²) < 4.78 is 0. The first-order valence-corrected chi connectivity index (χ1v) is 5.69. The lowest BCUT2D eigenvalue weighted by Crippen LogP contribution is -1.95. The predicted octanol–water partition coefficient (Wildman–Crippen LogP) is 3.86. The summed E-state index contributed by atoms with van der Waals surface area (Å²) in [6.07, 6.45) is 0. The van der Waals surface area contributed by atoms with Crippen LogP contribution in [0.15, 0.2) is 42.5 Å². The van der Waals surface area contributed by atoms with Crippen molar-refractivity contribution in [2.24, 2.45) is 0 Å². The second-order valence-electron chi connectivity index (χ2n) is 3.73. The molecule has 0 heterocycles. The van der Waals surface area contributed by atoms with Crippen LogP contribution in [-0.4, -0.2) is 4.92 Å². The Morgan fingerprint density at radius 3 is 2.37 bits per heavy atom. The van der Waals surface area contributed by atoms with Crippen molar-refractivity contribution in [3.8, 4) is 6.07 Å². The van der Waals surface area contributed by atoms with E-state index in [1.54, 1.807) is 36.4 Å². The molecular weight excluding hydrogens is 266 g/mol. The largest absolute Gasteiger partial charge is 0.355 e. The van der Waals surface area contributed by atoms with Crippen molar-refractivity contribution in [1.29, 1.82) is 5.26 Å². The van der Waals surface area contributed by atoms with Gasteiger partial charge in [-0.1, -0.05) is 11.6 Å². The standard InChI is InChI=1S/C13H8ClN3O2/c14-10-2-5-11(6-3-10)16-12-4-1-9(8-15)13(7-12)17(18)19/h1-7,16H. The van der Waals surface area contributed by atoms with Crippen molar-refractivity contribution in [3.63, 3.8) is 0 Å². The van der Waals surface area contributed by atoms with E-state index < -0.39 is 4.92 Å². The van der Waals surface area contributed by atoms with Crippen molar-refractivity contribution in [3.05, 3.63) is 63.2 Å². The van der Waals surface area contributed by atoms with Gasteiger partial charge < -0.3 is 5.32 Å². The van der Waals surface area contributed by atoms with Gasteiger partial charge in [0.25, 0.3) is 5.69 Å².